The standard InChI is InChI=1S/C17H18O5/c1-19-15-9-13(10-16(20-2)17(15)21-3)22-11-14(18)12-7-5-4-6-8-12/h4-10H,11H2,1-3H3. The fourth-order valence-electron chi connectivity index (χ4n) is 2.00. The van der Waals surface area contributed by atoms with Crippen molar-refractivity contribution in [2.45, 2.75) is 0 Å². The van der Waals surface area contributed by atoms with Crippen LogP contribution in [0.25, 0.3) is 0 Å². The summed E-state index contributed by atoms with van der Waals surface area (Å²) in [6, 6.07) is 12.3. The molecule has 0 saturated heterocycles. The molecule has 0 heterocycles. The van der Waals surface area contributed by atoms with Crippen LogP contribution in [0.2, 0.25) is 0 Å². The maximum absolute atomic E-state index is 12.0. The first-order valence-electron chi connectivity index (χ1n) is 6.70. The zero-order chi connectivity index (χ0) is 15.9. The van der Waals surface area contributed by atoms with Gasteiger partial charge in [-0.2, -0.15) is 0 Å². The Morgan fingerprint density at radius 3 is 2.00 bits per heavy atom. The van der Waals surface area contributed by atoms with Crippen LogP contribution in [0.15, 0.2) is 42.5 Å². The van der Waals surface area contributed by atoms with Gasteiger partial charge in [0.25, 0.3) is 0 Å². The molecule has 2 rings (SSSR count). The molecule has 22 heavy (non-hydrogen) atoms. The SMILES string of the molecule is COc1cc(OCC(=O)c2ccccc2)cc(OC)c1OC. The van der Waals surface area contributed by atoms with Gasteiger partial charge in [-0.25, -0.2) is 0 Å². The lowest BCUT2D eigenvalue weighted by atomic mass is 10.1. The molecular weight excluding hydrogens is 284 g/mol. The third-order valence-electron chi connectivity index (χ3n) is 3.10. The summed E-state index contributed by atoms with van der Waals surface area (Å²) in [6.45, 7) is -0.0668. The van der Waals surface area contributed by atoms with Gasteiger partial charge < -0.3 is 18.9 Å². The van der Waals surface area contributed by atoms with Crippen molar-refractivity contribution in [2.75, 3.05) is 27.9 Å². The highest BCUT2D eigenvalue weighted by Crippen LogP contribution is 2.40. The molecule has 0 aromatic heterocycles. The lowest BCUT2D eigenvalue weighted by molar-refractivity contribution is 0.0921. The van der Waals surface area contributed by atoms with E-state index in [4.69, 9.17) is 18.9 Å². The van der Waals surface area contributed by atoms with Gasteiger partial charge in [0.1, 0.15) is 5.75 Å². The normalized spacial score (nSPS) is 9.95. The lowest BCUT2D eigenvalue weighted by Crippen LogP contribution is -2.11. The third kappa shape index (κ3) is 3.49. The Balaban J connectivity index is 2.14. The van der Waals surface area contributed by atoms with Crippen LogP contribution in [0.1, 0.15) is 10.4 Å². The summed E-state index contributed by atoms with van der Waals surface area (Å²) in [5.74, 6) is 1.80. The van der Waals surface area contributed by atoms with Crippen molar-refractivity contribution in [1.29, 1.82) is 0 Å². The minimum Gasteiger partial charge on any atom is -0.493 e. The van der Waals surface area contributed by atoms with E-state index < -0.39 is 0 Å². The van der Waals surface area contributed by atoms with Gasteiger partial charge in [0, 0.05) is 17.7 Å². The Labute approximate surface area is 129 Å². The second-order valence-corrected chi connectivity index (χ2v) is 4.44. The summed E-state index contributed by atoms with van der Waals surface area (Å²) >= 11 is 0. The van der Waals surface area contributed by atoms with Crippen LogP contribution in [-0.2, 0) is 0 Å². The fraction of sp³-hybridized carbons (Fsp3) is 0.235. The van der Waals surface area contributed by atoms with Crippen molar-refractivity contribution in [1.82, 2.24) is 0 Å². The van der Waals surface area contributed by atoms with Crippen LogP contribution in [-0.4, -0.2) is 33.7 Å². The topological polar surface area (TPSA) is 54.0 Å². The average Bonchev–Trinajstić information content (AvgIpc) is 2.59. The average molecular weight is 302 g/mol. The quantitative estimate of drug-likeness (QED) is 0.736. The van der Waals surface area contributed by atoms with Crippen LogP contribution in [0, 0.1) is 0 Å². The summed E-state index contributed by atoms with van der Waals surface area (Å²) in [5.41, 5.74) is 0.606. The predicted molar refractivity (Wildman–Crippen MR) is 82.4 cm³/mol. The molecule has 0 N–H and O–H groups in total. The molecule has 0 radical (unpaired) electrons. The molecule has 2 aromatic carbocycles. The Hall–Kier alpha value is -2.69. The molecule has 0 aliphatic heterocycles. The number of rotatable bonds is 7. The van der Waals surface area contributed by atoms with Gasteiger partial charge in [-0.15, -0.1) is 0 Å². The van der Waals surface area contributed by atoms with E-state index in [1.54, 1.807) is 24.3 Å². The van der Waals surface area contributed by atoms with E-state index in [1.165, 1.54) is 21.3 Å². The molecule has 0 aliphatic rings. The minimum absolute atomic E-state index is 0.0668. The highest BCUT2D eigenvalue weighted by Gasteiger charge is 2.15. The van der Waals surface area contributed by atoms with Crippen molar-refractivity contribution in [3.8, 4) is 23.0 Å². The van der Waals surface area contributed by atoms with Crippen LogP contribution in [0.4, 0.5) is 0 Å². The zero-order valence-electron chi connectivity index (χ0n) is 12.8. The maximum Gasteiger partial charge on any atom is 0.203 e. The van der Waals surface area contributed by atoms with Gasteiger partial charge >= 0.3 is 0 Å². The van der Waals surface area contributed by atoms with Crippen LogP contribution in [0.3, 0.4) is 0 Å². The largest absolute Gasteiger partial charge is 0.493 e. The Bertz CT molecular complexity index is 612. The summed E-state index contributed by atoms with van der Waals surface area (Å²) in [7, 11) is 4.58. The number of Topliss-reactive ketones (excluding diaryl/α,β-unsaturated/α-hetero) is 1. The third-order valence-corrected chi connectivity index (χ3v) is 3.10. The van der Waals surface area contributed by atoms with E-state index >= 15 is 0 Å². The highest BCUT2D eigenvalue weighted by atomic mass is 16.5. The number of ketones is 1. The fourth-order valence-corrected chi connectivity index (χ4v) is 2.00. The van der Waals surface area contributed by atoms with Gasteiger partial charge in [0.2, 0.25) is 5.75 Å². The molecule has 5 heteroatoms. The Morgan fingerprint density at radius 1 is 0.909 bits per heavy atom. The van der Waals surface area contributed by atoms with Gasteiger partial charge in [0.05, 0.1) is 21.3 Å². The molecule has 116 valence electrons. The van der Waals surface area contributed by atoms with E-state index in [9.17, 15) is 4.79 Å². The van der Waals surface area contributed by atoms with Crippen molar-refractivity contribution in [2.24, 2.45) is 0 Å². The van der Waals surface area contributed by atoms with Gasteiger partial charge in [-0.3, -0.25) is 4.79 Å². The number of benzene rings is 2. The van der Waals surface area contributed by atoms with Crippen molar-refractivity contribution in [3.05, 3.63) is 48.0 Å². The number of methoxy groups -OCH3 is 3. The van der Waals surface area contributed by atoms with E-state index in [0.29, 0.717) is 28.6 Å². The molecular formula is C17H18O5. The molecule has 2 aromatic rings. The van der Waals surface area contributed by atoms with Crippen LogP contribution < -0.4 is 18.9 Å². The predicted octanol–water partition coefficient (Wildman–Crippen LogP) is 2.97. The van der Waals surface area contributed by atoms with Crippen molar-refractivity contribution in [3.63, 3.8) is 0 Å². The lowest BCUT2D eigenvalue weighted by Gasteiger charge is -2.14. The maximum atomic E-state index is 12.0. The highest BCUT2D eigenvalue weighted by molar-refractivity contribution is 5.97. The number of hydrogen-bond acceptors (Lipinski definition) is 5. The molecule has 0 aliphatic carbocycles. The molecule has 0 atom stereocenters. The molecule has 0 spiro atoms. The number of hydrogen-bond donors (Lipinski definition) is 0. The van der Waals surface area contributed by atoms with Crippen LogP contribution in [0.5, 0.6) is 23.0 Å². The summed E-state index contributed by atoms with van der Waals surface area (Å²) in [6.07, 6.45) is 0. The molecule has 0 saturated carbocycles. The summed E-state index contributed by atoms with van der Waals surface area (Å²) < 4.78 is 21.3. The molecule has 0 bridgehead atoms. The molecule has 0 fully saturated rings. The monoisotopic (exact) mass is 302 g/mol. The van der Waals surface area contributed by atoms with Crippen molar-refractivity contribution >= 4 is 5.78 Å². The van der Waals surface area contributed by atoms with E-state index in [0.717, 1.165) is 0 Å². The smallest absolute Gasteiger partial charge is 0.203 e. The number of ether oxygens (including phenoxy) is 4. The van der Waals surface area contributed by atoms with Gasteiger partial charge in [0.15, 0.2) is 23.9 Å². The van der Waals surface area contributed by atoms with E-state index in [1.807, 2.05) is 18.2 Å². The van der Waals surface area contributed by atoms with Gasteiger partial charge in [-0.1, -0.05) is 30.3 Å². The van der Waals surface area contributed by atoms with E-state index in [-0.39, 0.29) is 12.4 Å². The molecule has 0 unspecified atom stereocenters. The first kappa shape index (κ1) is 15.7. The van der Waals surface area contributed by atoms with E-state index in [2.05, 4.69) is 0 Å². The van der Waals surface area contributed by atoms with Crippen molar-refractivity contribution < 1.29 is 23.7 Å². The second-order valence-electron chi connectivity index (χ2n) is 4.44. The summed E-state index contributed by atoms with van der Waals surface area (Å²) in [4.78, 5) is 12.0. The molecule has 0 amide bonds. The second kappa shape index (κ2) is 7.36. The summed E-state index contributed by atoms with van der Waals surface area (Å²) in [5, 5.41) is 0. The Kier molecular flexibility index (Phi) is 5.25. The van der Waals surface area contributed by atoms with Crippen LogP contribution >= 0.6 is 0 Å². The zero-order valence-corrected chi connectivity index (χ0v) is 12.8. The first-order valence-corrected chi connectivity index (χ1v) is 6.70. The molecule has 5 nitrogen and oxygen atoms in total. The van der Waals surface area contributed by atoms with Gasteiger partial charge in [-0.05, 0) is 0 Å². The number of carbonyl (C=O) groups is 1. The minimum atomic E-state index is -0.102. The first-order chi connectivity index (χ1) is 10.7. The number of carbonyl (C=O) groups excluding carboxylic acids is 1. The Morgan fingerprint density at radius 2 is 1.50 bits per heavy atom.